The number of fused-ring (bicyclic) bond motifs is 3. The highest BCUT2D eigenvalue weighted by molar-refractivity contribution is 4.98. The summed E-state index contributed by atoms with van der Waals surface area (Å²) in [7, 11) is 0. The van der Waals surface area contributed by atoms with Gasteiger partial charge in [0, 0.05) is 0 Å². The van der Waals surface area contributed by atoms with Gasteiger partial charge in [-0.1, -0.05) is 0 Å². The van der Waals surface area contributed by atoms with E-state index in [-0.39, 0.29) is 6.61 Å². The van der Waals surface area contributed by atoms with Gasteiger partial charge in [-0.3, -0.25) is 0 Å². The Kier molecular flexibility index (Phi) is 1.66. The molecule has 3 saturated heterocycles. The van der Waals surface area contributed by atoms with Gasteiger partial charge in [0.2, 0.25) is 12.1 Å². The van der Waals surface area contributed by atoms with Crippen LogP contribution in [0.25, 0.3) is 0 Å². The summed E-state index contributed by atoms with van der Waals surface area (Å²) in [6, 6.07) is 0. The van der Waals surface area contributed by atoms with Crippen LogP contribution >= 0.6 is 0 Å². The van der Waals surface area contributed by atoms with Crippen molar-refractivity contribution in [1.29, 1.82) is 0 Å². The highest BCUT2D eigenvalue weighted by Gasteiger charge is 2.60. The van der Waals surface area contributed by atoms with Crippen LogP contribution < -0.4 is 0 Å². The molecule has 3 aliphatic heterocycles. The molecule has 0 saturated carbocycles. The lowest BCUT2D eigenvalue weighted by atomic mass is 9.93. The molecule has 0 aromatic heterocycles. The summed E-state index contributed by atoms with van der Waals surface area (Å²) in [4.78, 5) is 0. The number of aliphatic hydroxyl groups is 4. The largest absolute Gasteiger partial charge is 0.387 e. The normalized spacial score (nSPS) is 59.0. The number of aliphatic hydroxyl groups excluding tert-OH is 3. The molecule has 0 unspecified atom stereocenters. The average molecular weight is 178 g/mol. The van der Waals surface area contributed by atoms with E-state index in [1.807, 2.05) is 0 Å². The molecule has 6 nitrogen and oxygen atoms in total. The first-order valence-electron chi connectivity index (χ1n) is 3.61. The summed E-state index contributed by atoms with van der Waals surface area (Å²) in [6.45, 7) is -0.0359. The van der Waals surface area contributed by atoms with Crippen LogP contribution in [0.1, 0.15) is 0 Å². The van der Waals surface area contributed by atoms with E-state index in [0.29, 0.717) is 0 Å². The summed E-state index contributed by atoms with van der Waals surface area (Å²) < 4.78 is 9.47. The van der Waals surface area contributed by atoms with Crippen molar-refractivity contribution in [2.75, 3.05) is 6.61 Å². The van der Waals surface area contributed by atoms with Crippen molar-refractivity contribution in [1.82, 2.24) is 0 Å². The lowest BCUT2D eigenvalue weighted by Crippen LogP contribution is -2.72. The van der Waals surface area contributed by atoms with Crippen molar-refractivity contribution in [3.8, 4) is 0 Å². The van der Waals surface area contributed by atoms with E-state index >= 15 is 0 Å². The maximum absolute atomic E-state index is 9.42. The van der Waals surface area contributed by atoms with E-state index in [1.54, 1.807) is 0 Å². The van der Waals surface area contributed by atoms with E-state index in [9.17, 15) is 15.3 Å². The number of ether oxygens (including phenoxy) is 2. The average Bonchev–Trinajstić information content (AvgIpc) is 2.04. The minimum atomic E-state index is -2.19. The van der Waals surface area contributed by atoms with Crippen molar-refractivity contribution in [2.24, 2.45) is 0 Å². The minimum Gasteiger partial charge on any atom is -0.387 e. The van der Waals surface area contributed by atoms with E-state index in [0.717, 1.165) is 0 Å². The van der Waals surface area contributed by atoms with Gasteiger partial charge in [0.25, 0.3) is 0 Å². The van der Waals surface area contributed by atoms with Crippen molar-refractivity contribution in [3.63, 3.8) is 0 Å². The van der Waals surface area contributed by atoms with E-state index in [4.69, 9.17) is 14.6 Å². The molecule has 3 heterocycles. The van der Waals surface area contributed by atoms with Crippen LogP contribution in [-0.4, -0.2) is 57.4 Å². The Balaban J connectivity index is 2.28. The number of hydrogen-bond acceptors (Lipinski definition) is 6. The maximum atomic E-state index is 9.42. The lowest BCUT2D eigenvalue weighted by Gasteiger charge is -2.50. The molecule has 0 radical (unpaired) electrons. The maximum Gasteiger partial charge on any atom is 0.247 e. The molecule has 0 aromatic rings. The first kappa shape index (κ1) is 8.36. The fourth-order valence-electron chi connectivity index (χ4n) is 1.45. The van der Waals surface area contributed by atoms with Gasteiger partial charge in [-0.2, -0.15) is 0 Å². The van der Waals surface area contributed by atoms with Gasteiger partial charge < -0.3 is 29.9 Å². The predicted octanol–water partition coefficient (Wildman–Crippen LogP) is -2.86. The smallest absolute Gasteiger partial charge is 0.247 e. The second kappa shape index (κ2) is 2.38. The molecule has 3 fully saturated rings. The highest BCUT2D eigenvalue weighted by atomic mass is 16.7. The fourth-order valence-corrected chi connectivity index (χ4v) is 1.45. The zero-order valence-electron chi connectivity index (χ0n) is 6.12. The summed E-state index contributed by atoms with van der Waals surface area (Å²) in [5.41, 5.74) is 0. The third kappa shape index (κ3) is 0.846. The van der Waals surface area contributed by atoms with Gasteiger partial charge in [-0.25, -0.2) is 0 Å². The van der Waals surface area contributed by atoms with Crippen molar-refractivity contribution in [3.05, 3.63) is 0 Å². The van der Waals surface area contributed by atoms with Gasteiger partial charge in [0.05, 0.1) is 6.61 Å². The minimum absolute atomic E-state index is 0.0359. The van der Waals surface area contributed by atoms with Gasteiger partial charge in [0.15, 0.2) is 0 Å². The zero-order valence-corrected chi connectivity index (χ0v) is 6.12. The second-order valence-electron chi connectivity index (χ2n) is 3.03. The van der Waals surface area contributed by atoms with Crippen LogP contribution in [0.15, 0.2) is 0 Å². The van der Waals surface area contributed by atoms with Crippen LogP contribution in [-0.2, 0) is 9.47 Å². The Hall–Kier alpha value is -0.240. The molecule has 0 aliphatic carbocycles. The molecule has 3 aliphatic rings. The van der Waals surface area contributed by atoms with Gasteiger partial charge in [-0.05, 0) is 0 Å². The molecule has 4 N–H and O–H groups in total. The molecule has 3 rings (SSSR count). The fraction of sp³-hybridized carbons (Fsp3) is 1.00. The molecular weight excluding hydrogens is 168 g/mol. The molecule has 6 heteroatoms. The summed E-state index contributed by atoms with van der Waals surface area (Å²) >= 11 is 0. The van der Waals surface area contributed by atoms with Crippen molar-refractivity contribution >= 4 is 0 Å². The standard InChI is InChI=1S/C6H10O6/c7-3-2-1-11-6(10,4(3)8)5(9)12-2/h2-5,7-10H,1H2/t2-,3-,4-,5-,6+/m1/s1. The summed E-state index contributed by atoms with van der Waals surface area (Å²) in [6.07, 6.45) is -5.12. The van der Waals surface area contributed by atoms with Crippen LogP contribution in [0.2, 0.25) is 0 Å². The second-order valence-corrected chi connectivity index (χ2v) is 3.03. The van der Waals surface area contributed by atoms with E-state index < -0.39 is 30.4 Å². The third-order valence-corrected chi connectivity index (χ3v) is 2.26. The lowest BCUT2D eigenvalue weighted by molar-refractivity contribution is -0.450. The molecule has 0 amide bonds. The number of rotatable bonds is 0. The molecule has 0 spiro atoms. The molecule has 2 bridgehead atoms. The Bertz CT molecular complexity index is 196. The SMILES string of the molecule is O[C@H]1[C@@H](O)[C@]2(O)OC[C@H]1O[C@H]2O. The Morgan fingerprint density at radius 2 is 1.92 bits per heavy atom. The molecule has 12 heavy (non-hydrogen) atoms. The first-order valence-corrected chi connectivity index (χ1v) is 3.61. The van der Waals surface area contributed by atoms with Gasteiger partial charge >= 0.3 is 0 Å². The predicted molar refractivity (Wildman–Crippen MR) is 33.8 cm³/mol. The summed E-state index contributed by atoms with van der Waals surface area (Å²) in [5, 5.41) is 37.0. The van der Waals surface area contributed by atoms with E-state index in [2.05, 4.69) is 0 Å². The Labute approximate surface area is 68.0 Å². The van der Waals surface area contributed by atoms with Crippen molar-refractivity contribution in [2.45, 2.75) is 30.4 Å². The first-order chi connectivity index (χ1) is 5.55. The molecular formula is C6H10O6. The van der Waals surface area contributed by atoms with Gasteiger partial charge in [0.1, 0.15) is 18.3 Å². The van der Waals surface area contributed by atoms with Crippen LogP contribution in [0.3, 0.4) is 0 Å². The monoisotopic (exact) mass is 178 g/mol. The topological polar surface area (TPSA) is 99.4 Å². The Morgan fingerprint density at radius 3 is 2.42 bits per heavy atom. The highest BCUT2D eigenvalue weighted by Crippen LogP contribution is 2.35. The zero-order chi connectivity index (χ0) is 8.93. The molecule has 70 valence electrons. The van der Waals surface area contributed by atoms with Crippen LogP contribution in [0.4, 0.5) is 0 Å². The number of hydrogen-bond donors (Lipinski definition) is 4. The molecule has 5 atom stereocenters. The molecule has 0 aromatic carbocycles. The van der Waals surface area contributed by atoms with Crippen LogP contribution in [0.5, 0.6) is 0 Å². The van der Waals surface area contributed by atoms with E-state index in [1.165, 1.54) is 0 Å². The quantitative estimate of drug-likeness (QED) is 0.318. The van der Waals surface area contributed by atoms with Crippen molar-refractivity contribution < 1.29 is 29.9 Å². The van der Waals surface area contributed by atoms with Crippen LogP contribution in [0, 0.1) is 0 Å². The Morgan fingerprint density at radius 1 is 1.25 bits per heavy atom. The third-order valence-electron chi connectivity index (χ3n) is 2.26. The van der Waals surface area contributed by atoms with Gasteiger partial charge in [-0.15, -0.1) is 0 Å². The summed E-state index contributed by atoms with van der Waals surface area (Å²) in [5.74, 6) is -2.19.